The van der Waals surface area contributed by atoms with Crippen LogP contribution >= 0.6 is 11.3 Å². The second kappa shape index (κ2) is 8.87. The van der Waals surface area contributed by atoms with Crippen LogP contribution in [0.25, 0.3) is 0 Å². The zero-order valence-corrected chi connectivity index (χ0v) is 19.2. The molecule has 1 unspecified atom stereocenters. The molecular weight excluding hydrogens is 450 g/mol. The van der Waals surface area contributed by atoms with E-state index in [1.807, 2.05) is 36.4 Å². The lowest BCUT2D eigenvalue weighted by atomic mass is 9.89. The number of nitrogens with zero attached hydrogens (tertiary/aromatic N) is 1. The molecule has 0 bridgehead atoms. The van der Waals surface area contributed by atoms with Crippen LogP contribution in [0, 0.1) is 0 Å². The Morgan fingerprint density at radius 3 is 2.79 bits per heavy atom. The predicted molar refractivity (Wildman–Crippen MR) is 130 cm³/mol. The van der Waals surface area contributed by atoms with E-state index in [0.717, 1.165) is 59.1 Å². The largest absolute Gasteiger partial charge is 0.459 e. The van der Waals surface area contributed by atoms with Crippen LogP contribution in [0.3, 0.4) is 0 Å². The molecule has 4 heterocycles. The molecule has 4 aromatic rings. The number of ether oxygens (including phenoxy) is 2. The van der Waals surface area contributed by atoms with Crippen LogP contribution in [0.2, 0.25) is 0 Å². The van der Waals surface area contributed by atoms with Crippen LogP contribution in [0.1, 0.15) is 51.0 Å². The van der Waals surface area contributed by atoms with Crippen molar-refractivity contribution < 1.29 is 18.7 Å². The third-order valence-corrected chi connectivity index (χ3v) is 7.38. The van der Waals surface area contributed by atoms with Crippen LogP contribution in [0.5, 0.6) is 11.5 Å². The summed E-state index contributed by atoms with van der Waals surface area (Å²) in [6.07, 6.45) is 7.54. The van der Waals surface area contributed by atoms with Crippen molar-refractivity contribution in [2.75, 3.05) is 17.4 Å². The van der Waals surface area contributed by atoms with E-state index < -0.39 is 0 Å². The molecule has 1 aliphatic heterocycles. The third kappa shape index (κ3) is 3.90. The number of fused-ring (bicyclic) bond motifs is 2. The average Bonchev–Trinajstić information content (AvgIpc) is 3.63. The van der Waals surface area contributed by atoms with E-state index >= 15 is 0 Å². The summed E-state index contributed by atoms with van der Waals surface area (Å²) in [6, 6.07) is 14.9. The van der Waals surface area contributed by atoms with E-state index in [1.54, 1.807) is 29.7 Å². The van der Waals surface area contributed by atoms with Gasteiger partial charge in [0.15, 0.2) is 17.3 Å². The Morgan fingerprint density at radius 2 is 1.94 bits per heavy atom. The van der Waals surface area contributed by atoms with Crippen LogP contribution in [0.15, 0.2) is 65.4 Å². The molecule has 1 aromatic carbocycles. The number of aromatic nitrogens is 1. The third-order valence-electron chi connectivity index (χ3n) is 6.16. The summed E-state index contributed by atoms with van der Waals surface area (Å²) < 4.78 is 16.5. The molecule has 2 N–H and O–H groups in total. The number of amides is 1. The molecule has 34 heavy (non-hydrogen) atoms. The number of benzene rings is 1. The molecule has 2 aliphatic rings. The average molecular weight is 474 g/mol. The van der Waals surface area contributed by atoms with Crippen molar-refractivity contribution >= 4 is 28.1 Å². The monoisotopic (exact) mass is 473 g/mol. The zero-order valence-electron chi connectivity index (χ0n) is 18.4. The summed E-state index contributed by atoms with van der Waals surface area (Å²) in [5.74, 6) is 2.24. The summed E-state index contributed by atoms with van der Waals surface area (Å²) >= 11 is 1.66. The Kier molecular flexibility index (Phi) is 5.43. The molecule has 0 saturated carbocycles. The van der Waals surface area contributed by atoms with E-state index in [9.17, 15) is 4.79 Å². The van der Waals surface area contributed by atoms with Crippen molar-refractivity contribution in [1.29, 1.82) is 0 Å². The maximum absolute atomic E-state index is 12.9. The van der Waals surface area contributed by atoms with Gasteiger partial charge in [-0.2, -0.15) is 0 Å². The van der Waals surface area contributed by atoms with Gasteiger partial charge in [-0.15, -0.1) is 11.3 Å². The van der Waals surface area contributed by atoms with E-state index in [1.165, 1.54) is 16.7 Å². The van der Waals surface area contributed by atoms with Gasteiger partial charge >= 0.3 is 0 Å². The second-order valence-corrected chi connectivity index (χ2v) is 9.40. The first-order valence-electron chi connectivity index (χ1n) is 11.3. The lowest BCUT2D eigenvalue weighted by Crippen LogP contribution is -2.18. The summed E-state index contributed by atoms with van der Waals surface area (Å²) in [5.41, 5.74) is 3.38. The Balaban J connectivity index is 1.47. The Labute approximate surface area is 200 Å². The van der Waals surface area contributed by atoms with Crippen LogP contribution in [-0.4, -0.2) is 17.7 Å². The molecule has 1 atom stereocenters. The molecular formula is C26H23N3O4S. The first-order valence-corrected chi connectivity index (χ1v) is 12.1. The summed E-state index contributed by atoms with van der Waals surface area (Å²) in [6.45, 7) is 0.218. The molecule has 8 heteroatoms. The first-order chi connectivity index (χ1) is 16.8. The fourth-order valence-electron chi connectivity index (χ4n) is 4.57. The van der Waals surface area contributed by atoms with Gasteiger partial charge in [-0.3, -0.25) is 4.79 Å². The summed E-state index contributed by atoms with van der Waals surface area (Å²) in [7, 11) is 0. The van der Waals surface area contributed by atoms with Gasteiger partial charge in [0.1, 0.15) is 10.8 Å². The number of carbonyl (C=O) groups is 1. The number of pyridine rings is 1. The van der Waals surface area contributed by atoms with Crippen molar-refractivity contribution in [2.24, 2.45) is 0 Å². The quantitative estimate of drug-likeness (QED) is 0.368. The number of hydrogen-bond donors (Lipinski definition) is 2. The minimum absolute atomic E-state index is 0.218. The van der Waals surface area contributed by atoms with Gasteiger partial charge in [-0.05, 0) is 73.2 Å². The van der Waals surface area contributed by atoms with Crippen molar-refractivity contribution in [3.05, 3.63) is 88.3 Å². The number of furan rings is 1. The number of nitrogens with one attached hydrogen (secondary N) is 2. The van der Waals surface area contributed by atoms with Crippen molar-refractivity contribution in [3.63, 3.8) is 0 Å². The molecule has 7 nitrogen and oxygen atoms in total. The molecule has 1 amide bonds. The van der Waals surface area contributed by atoms with Crippen molar-refractivity contribution in [1.82, 2.24) is 4.98 Å². The van der Waals surface area contributed by atoms with Gasteiger partial charge in [0.2, 0.25) is 6.79 Å². The molecule has 6 rings (SSSR count). The Bertz CT molecular complexity index is 1320. The number of carbonyl (C=O) groups excluding carboxylic acids is 1. The molecule has 172 valence electrons. The topological polar surface area (TPSA) is 85.6 Å². The summed E-state index contributed by atoms with van der Waals surface area (Å²) in [5, 5.41) is 7.57. The first kappa shape index (κ1) is 20.8. The second-order valence-electron chi connectivity index (χ2n) is 8.29. The minimum atomic E-state index is -0.257. The maximum atomic E-state index is 12.9. The van der Waals surface area contributed by atoms with E-state index in [-0.39, 0.29) is 24.5 Å². The van der Waals surface area contributed by atoms with Crippen LogP contribution < -0.4 is 20.1 Å². The van der Waals surface area contributed by atoms with E-state index in [2.05, 4.69) is 15.6 Å². The standard InChI is InChI=1S/C26H23N3O4S/c30-25(19-7-5-13-31-19)29-26-23(17-6-1-2-8-21(17)34-26)24(28-22-9-3-4-12-27-22)16-10-11-18-20(14-16)33-15-32-18/h3-5,7,9-14,24H,1-2,6,8,15H2,(H,27,28)(H,29,30). The molecule has 0 radical (unpaired) electrons. The smallest absolute Gasteiger partial charge is 0.291 e. The molecule has 0 fully saturated rings. The lowest BCUT2D eigenvalue weighted by Gasteiger charge is -2.24. The van der Waals surface area contributed by atoms with Crippen LogP contribution in [-0.2, 0) is 12.8 Å². The number of aryl methyl sites for hydroxylation is 1. The molecule has 1 aliphatic carbocycles. The predicted octanol–water partition coefficient (Wildman–Crippen LogP) is 5.80. The van der Waals surface area contributed by atoms with Crippen LogP contribution in [0.4, 0.5) is 10.8 Å². The highest BCUT2D eigenvalue weighted by atomic mass is 32.1. The fraction of sp³-hybridized carbons (Fsp3) is 0.231. The number of rotatable bonds is 6. The maximum Gasteiger partial charge on any atom is 0.291 e. The SMILES string of the molecule is O=C(Nc1sc2c(c1C(Nc1ccccn1)c1ccc3c(c1)OCO3)CCCC2)c1ccco1. The van der Waals surface area contributed by atoms with E-state index in [0.29, 0.717) is 0 Å². The number of thiophene rings is 1. The summed E-state index contributed by atoms with van der Waals surface area (Å²) in [4.78, 5) is 18.8. The highest BCUT2D eigenvalue weighted by Gasteiger charge is 2.30. The van der Waals surface area contributed by atoms with Gasteiger partial charge in [0.25, 0.3) is 5.91 Å². The minimum Gasteiger partial charge on any atom is -0.459 e. The zero-order chi connectivity index (χ0) is 22.9. The van der Waals surface area contributed by atoms with E-state index in [4.69, 9.17) is 13.9 Å². The number of anilines is 2. The van der Waals surface area contributed by atoms with Gasteiger partial charge < -0.3 is 24.5 Å². The van der Waals surface area contributed by atoms with Gasteiger partial charge in [-0.1, -0.05) is 12.1 Å². The highest BCUT2D eigenvalue weighted by Crippen LogP contribution is 2.46. The van der Waals surface area contributed by atoms with Crippen molar-refractivity contribution in [2.45, 2.75) is 31.7 Å². The molecule has 0 saturated heterocycles. The highest BCUT2D eigenvalue weighted by molar-refractivity contribution is 7.16. The number of hydrogen-bond acceptors (Lipinski definition) is 7. The normalized spacial score (nSPS) is 14.9. The fourth-order valence-corrected chi connectivity index (χ4v) is 5.89. The van der Waals surface area contributed by atoms with Gasteiger partial charge in [0.05, 0.1) is 12.3 Å². The Morgan fingerprint density at radius 1 is 1.03 bits per heavy atom. The van der Waals surface area contributed by atoms with Gasteiger partial charge in [-0.25, -0.2) is 4.98 Å². The van der Waals surface area contributed by atoms with Gasteiger partial charge in [0, 0.05) is 16.6 Å². The van der Waals surface area contributed by atoms with Crippen molar-refractivity contribution in [3.8, 4) is 11.5 Å². The lowest BCUT2D eigenvalue weighted by molar-refractivity contribution is 0.0997. The Hall–Kier alpha value is -3.78. The molecule has 3 aromatic heterocycles. The molecule has 0 spiro atoms.